The fraction of sp³-hybridized carbons (Fsp3) is 0.0455. The summed E-state index contributed by atoms with van der Waals surface area (Å²) in [5, 5.41) is 9.97. The minimum Gasteiger partial charge on any atom is -0.480 e. The van der Waals surface area contributed by atoms with Crippen molar-refractivity contribution in [3.63, 3.8) is 0 Å². The molecule has 0 aliphatic heterocycles. The predicted octanol–water partition coefficient (Wildman–Crippen LogP) is 4.26. The Balaban J connectivity index is 1.78. The molecule has 0 fully saturated rings. The van der Waals surface area contributed by atoms with Crippen molar-refractivity contribution < 1.29 is 21.9 Å². The van der Waals surface area contributed by atoms with E-state index in [1.54, 1.807) is 24.3 Å². The van der Waals surface area contributed by atoms with Gasteiger partial charge in [-0.15, -0.1) is 0 Å². The number of nitriles is 1. The van der Waals surface area contributed by atoms with Crippen LogP contribution in [0.1, 0.15) is 5.56 Å². The zero-order valence-corrected chi connectivity index (χ0v) is 17.3. The number of ether oxygens (including phenoxy) is 1. The molecule has 0 aliphatic rings. The molecule has 0 radical (unpaired) electrons. The number of pyridine rings is 2. The molecule has 0 unspecified atom stereocenters. The number of halogens is 2. The topological polar surface area (TPSA) is 105 Å². The first-order valence-corrected chi connectivity index (χ1v) is 10.6. The number of aromatic nitrogens is 2. The van der Waals surface area contributed by atoms with Crippen LogP contribution in [0.3, 0.4) is 0 Å². The Morgan fingerprint density at radius 1 is 1.03 bits per heavy atom. The zero-order valence-electron chi connectivity index (χ0n) is 16.5. The summed E-state index contributed by atoms with van der Waals surface area (Å²) in [5.74, 6) is -2.17. The Morgan fingerprint density at radius 3 is 2.56 bits per heavy atom. The van der Waals surface area contributed by atoms with E-state index in [0.29, 0.717) is 33.7 Å². The number of sulfonamides is 1. The van der Waals surface area contributed by atoms with Gasteiger partial charge in [-0.25, -0.2) is 22.2 Å². The molecule has 4 aromatic rings. The lowest BCUT2D eigenvalue weighted by Gasteiger charge is -2.13. The van der Waals surface area contributed by atoms with Gasteiger partial charge < -0.3 is 4.74 Å². The highest BCUT2D eigenvalue weighted by molar-refractivity contribution is 7.92. The summed E-state index contributed by atoms with van der Waals surface area (Å²) in [6.07, 6.45) is 3.01. The Labute approximate surface area is 182 Å². The van der Waals surface area contributed by atoms with Crippen molar-refractivity contribution in [2.75, 3.05) is 11.8 Å². The van der Waals surface area contributed by atoms with Gasteiger partial charge in [0.1, 0.15) is 22.2 Å². The lowest BCUT2D eigenvalue weighted by molar-refractivity contribution is 0.400. The van der Waals surface area contributed by atoms with E-state index in [-0.39, 0.29) is 11.6 Å². The highest BCUT2D eigenvalue weighted by atomic mass is 32.2. The molecule has 2 aromatic heterocycles. The van der Waals surface area contributed by atoms with Gasteiger partial charge in [-0.2, -0.15) is 5.26 Å². The molecule has 0 spiro atoms. The second-order valence-corrected chi connectivity index (χ2v) is 8.31. The summed E-state index contributed by atoms with van der Waals surface area (Å²) in [4.78, 5) is 7.63. The average Bonchev–Trinajstić information content (AvgIpc) is 2.77. The van der Waals surface area contributed by atoms with Gasteiger partial charge in [-0.3, -0.25) is 9.71 Å². The summed E-state index contributed by atoms with van der Waals surface area (Å²) in [6.45, 7) is 0. The maximum absolute atomic E-state index is 14.1. The third-order valence-electron chi connectivity index (χ3n) is 4.67. The molecule has 0 bridgehead atoms. The Morgan fingerprint density at radius 2 is 1.84 bits per heavy atom. The number of nitrogens with one attached hydrogen (secondary N) is 1. The largest absolute Gasteiger partial charge is 0.480 e. The molecule has 2 aromatic carbocycles. The molecule has 2 heterocycles. The monoisotopic (exact) mass is 452 g/mol. The van der Waals surface area contributed by atoms with Gasteiger partial charge in [-0.05, 0) is 42.0 Å². The second-order valence-electron chi connectivity index (χ2n) is 6.66. The van der Waals surface area contributed by atoms with Crippen LogP contribution in [0.5, 0.6) is 5.88 Å². The maximum atomic E-state index is 14.1. The van der Waals surface area contributed by atoms with Gasteiger partial charge in [0.05, 0.1) is 24.3 Å². The van der Waals surface area contributed by atoms with Crippen LogP contribution < -0.4 is 9.46 Å². The van der Waals surface area contributed by atoms with Gasteiger partial charge in [0.25, 0.3) is 10.0 Å². The van der Waals surface area contributed by atoms with E-state index >= 15 is 0 Å². The van der Waals surface area contributed by atoms with Crippen molar-refractivity contribution in [3.05, 3.63) is 78.1 Å². The van der Waals surface area contributed by atoms with E-state index in [0.717, 1.165) is 12.1 Å². The molecule has 0 amide bonds. The standard InChI is InChI=1S/C22H14F2N4O3S/c1-31-22-20(28-32(29,30)21-5-3-16(23)10-18(21)24)9-15(12-27-22)13-2-4-19-17(8-13)14(11-25)6-7-26-19/h2-10,12,28H,1H3. The fourth-order valence-corrected chi connectivity index (χ4v) is 4.27. The van der Waals surface area contributed by atoms with Crippen molar-refractivity contribution in [2.45, 2.75) is 4.90 Å². The minimum absolute atomic E-state index is 0.0412. The number of nitrogens with zero attached hydrogens (tertiary/aromatic N) is 3. The highest BCUT2D eigenvalue weighted by Gasteiger charge is 2.22. The number of fused-ring (bicyclic) bond motifs is 1. The smallest absolute Gasteiger partial charge is 0.264 e. The molecule has 160 valence electrons. The van der Waals surface area contributed by atoms with E-state index in [4.69, 9.17) is 4.74 Å². The third kappa shape index (κ3) is 3.93. The summed E-state index contributed by atoms with van der Waals surface area (Å²) in [6, 6.07) is 12.5. The van der Waals surface area contributed by atoms with Crippen molar-refractivity contribution in [2.24, 2.45) is 0 Å². The minimum atomic E-state index is -4.40. The first-order valence-electron chi connectivity index (χ1n) is 9.13. The number of anilines is 1. The molecule has 4 rings (SSSR count). The van der Waals surface area contributed by atoms with Crippen molar-refractivity contribution in [1.82, 2.24) is 9.97 Å². The summed E-state index contributed by atoms with van der Waals surface area (Å²) < 4.78 is 60.0. The van der Waals surface area contributed by atoms with Crippen LogP contribution in [0.2, 0.25) is 0 Å². The van der Waals surface area contributed by atoms with E-state index in [2.05, 4.69) is 20.8 Å². The van der Waals surface area contributed by atoms with E-state index in [1.807, 2.05) is 0 Å². The molecule has 1 N–H and O–H groups in total. The van der Waals surface area contributed by atoms with E-state index in [1.165, 1.54) is 25.6 Å². The van der Waals surface area contributed by atoms with Crippen LogP contribution in [0.4, 0.5) is 14.5 Å². The SMILES string of the molecule is COc1ncc(-c2ccc3nccc(C#N)c3c2)cc1NS(=O)(=O)c1ccc(F)cc1F. The molecule has 0 saturated heterocycles. The molecular formula is C22H14F2N4O3S. The zero-order chi connectivity index (χ0) is 22.9. The fourth-order valence-electron chi connectivity index (χ4n) is 3.16. The van der Waals surface area contributed by atoms with Crippen molar-refractivity contribution in [1.29, 1.82) is 5.26 Å². The molecule has 0 atom stereocenters. The van der Waals surface area contributed by atoms with E-state index < -0.39 is 26.6 Å². The third-order valence-corrected chi connectivity index (χ3v) is 6.07. The molecule has 7 nitrogen and oxygen atoms in total. The Hall–Kier alpha value is -4.10. The highest BCUT2D eigenvalue weighted by Crippen LogP contribution is 2.32. The second kappa shape index (κ2) is 8.20. The van der Waals surface area contributed by atoms with Gasteiger partial charge in [0, 0.05) is 29.4 Å². The lowest BCUT2D eigenvalue weighted by atomic mass is 10.0. The van der Waals surface area contributed by atoms with Gasteiger partial charge >= 0.3 is 0 Å². The number of benzene rings is 2. The summed E-state index contributed by atoms with van der Waals surface area (Å²) in [5.41, 5.74) is 2.18. The number of rotatable bonds is 5. The molecule has 0 aliphatic carbocycles. The van der Waals surface area contributed by atoms with Gasteiger partial charge in [0.2, 0.25) is 5.88 Å². The van der Waals surface area contributed by atoms with E-state index in [9.17, 15) is 22.5 Å². The molecular weight excluding hydrogens is 438 g/mol. The Bertz CT molecular complexity index is 1500. The van der Waals surface area contributed by atoms with Crippen molar-refractivity contribution >= 4 is 26.6 Å². The van der Waals surface area contributed by atoms with Gasteiger partial charge in [-0.1, -0.05) is 6.07 Å². The Kier molecular flexibility index (Phi) is 5.42. The molecule has 10 heteroatoms. The quantitative estimate of drug-likeness (QED) is 0.485. The van der Waals surface area contributed by atoms with Crippen LogP contribution >= 0.6 is 0 Å². The van der Waals surface area contributed by atoms with Gasteiger partial charge in [0.15, 0.2) is 0 Å². The van der Waals surface area contributed by atoms with Crippen LogP contribution in [-0.4, -0.2) is 25.5 Å². The number of hydrogen-bond acceptors (Lipinski definition) is 6. The van der Waals surface area contributed by atoms with Crippen LogP contribution in [-0.2, 0) is 10.0 Å². The summed E-state index contributed by atoms with van der Waals surface area (Å²) in [7, 11) is -3.10. The molecule has 32 heavy (non-hydrogen) atoms. The first kappa shape index (κ1) is 21.1. The molecule has 0 saturated carbocycles. The van der Waals surface area contributed by atoms with Crippen molar-refractivity contribution in [3.8, 4) is 23.1 Å². The van der Waals surface area contributed by atoms with Crippen LogP contribution in [0.15, 0.2) is 65.8 Å². The normalized spacial score (nSPS) is 11.2. The lowest BCUT2D eigenvalue weighted by Crippen LogP contribution is -2.15. The first-order chi connectivity index (χ1) is 15.3. The number of methoxy groups -OCH3 is 1. The predicted molar refractivity (Wildman–Crippen MR) is 113 cm³/mol. The number of hydrogen-bond donors (Lipinski definition) is 1. The van der Waals surface area contributed by atoms with Crippen LogP contribution in [0.25, 0.3) is 22.0 Å². The van der Waals surface area contributed by atoms with Crippen LogP contribution in [0, 0.1) is 23.0 Å². The summed E-state index contributed by atoms with van der Waals surface area (Å²) >= 11 is 0. The maximum Gasteiger partial charge on any atom is 0.264 e. The average molecular weight is 452 g/mol.